The van der Waals surface area contributed by atoms with Crippen LogP contribution in [0.1, 0.15) is 54.4 Å². The Morgan fingerprint density at radius 1 is 1.03 bits per heavy atom. The molecule has 0 saturated carbocycles. The molecule has 1 aromatic carbocycles. The van der Waals surface area contributed by atoms with E-state index < -0.39 is 5.91 Å². The molecule has 8 heteroatoms. The molecule has 30 heavy (non-hydrogen) atoms. The Hall–Kier alpha value is -3.00. The molecular formula is C22H26N4O3S. The van der Waals surface area contributed by atoms with Gasteiger partial charge in [0.15, 0.2) is 5.69 Å². The lowest BCUT2D eigenvalue weighted by Crippen LogP contribution is -2.42. The molecule has 0 atom stereocenters. The quantitative estimate of drug-likeness (QED) is 0.405. The smallest absolute Gasteiger partial charge is 0.273 e. The third kappa shape index (κ3) is 5.54. The van der Waals surface area contributed by atoms with Gasteiger partial charge in [-0.05, 0) is 36.8 Å². The molecule has 2 heterocycles. The summed E-state index contributed by atoms with van der Waals surface area (Å²) < 4.78 is 1.34. The molecule has 158 valence electrons. The standard InChI is InChI=1S/C22H26N4O3S/c1-2-3-6-14-26-22(29)18-12-5-4-11-17(18)20(25-26)21(28)24-23-19(27)13-7-9-16-10-8-15-30-16/h4-5,8,10-12,15H,2-3,6-7,9,13-14H2,1H3,(H,23,27)(H,24,28). The Morgan fingerprint density at radius 2 is 1.83 bits per heavy atom. The SMILES string of the molecule is CCCCCn1nc(C(=O)NNC(=O)CCCc2cccs2)c2ccccc2c1=O. The molecule has 0 aliphatic rings. The van der Waals surface area contributed by atoms with Gasteiger partial charge in [-0.15, -0.1) is 11.3 Å². The molecule has 0 saturated heterocycles. The number of hydrogen-bond acceptors (Lipinski definition) is 5. The van der Waals surface area contributed by atoms with Gasteiger partial charge in [0, 0.05) is 23.2 Å². The van der Waals surface area contributed by atoms with E-state index >= 15 is 0 Å². The number of hydrazine groups is 1. The van der Waals surface area contributed by atoms with Crippen LogP contribution in [0.3, 0.4) is 0 Å². The zero-order chi connectivity index (χ0) is 21.3. The number of thiophene rings is 1. The topological polar surface area (TPSA) is 93.1 Å². The maximum absolute atomic E-state index is 12.7. The minimum Gasteiger partial charge on any atom is -0.273 e. The van der Waals surface area contributed by atoms with Gasteiger partial charge in [0.05, 0.1) is 5.39 Å². The second kappa shape index (κ2) is 10.7. The summed E-state index contributed by atoms with van der Waals surface area (Å²) in [4.78, 5) is 38.7. The number of carbonyl (C=O) groups excluding carboxylic acids is 2. The average molecular weight is 427 g/mol. The van der Waals surface area contributed by atoms with E-state index in [1.165, 1.54) is 9.56 Å². The van der Waals surface area contributed by atoms with Gasteiger partial charge in [-0.1, -0.05) is 44.0 Å². The maximum atomic E-state index is 12.7. The van der Waals surface area contributed by atoms with Crippen LogP contribution in [-0.2, 0) is 17.8 Å². The number of nitrogens with one attached hydrogen (secondary N) is 2. The van der Waals surface area contributed by atoms with E-state index in [2.05, 4.69) is 22.9 Å². The highest BCUT2D eigenvalue weighted by Crippen LogP contribution is 2.14. The number of rotatable bonds is 9. The minimum atomic E-state index is -0.540. The predicted octanol–water partition coefficient (Wildman–Crippen LogP) is 3.43. The summed E-state index contributed by atoms with van der Waals surface area (Å²) >= 11 is 1.66. The molecule has 0 bridgehead atoms. The zero-order valence-electron chi connectivity index (χ0n) is 17.0. The number of aromatic nitrogens is 2. The number of nitrogens with zero attached hydrogens (tertiary/aromatic N) is 2. The summed E-state index contributed by atoms with van der Waals surface area (Å²) in [5, 5.41) is 7.21. The van der Waals surface area contributed by atoms with Crippen molar-refractivity contribution >= 4 is 33.9 Å². The first-order valence-electron chi connectivity index (χ1n) is 10.2. The van der Waals surface area contributed by atoms with Crippen molar-refractivity contribution < 1.29 is 9.59 Å². The van der Waals surface area contributed by atoms with Gasteiger partial charge in [-0.25, -0.2) is 4.68 Å². The van der Waals surface area contributed by atoms with Crippen LogP contribution in [0.5, 0.6) is 0 Å². The van der Waals surface area contributed by atoms with Crippen LogP contribution < -0.4 is 16.4 Å². The second-order valence-electron chi connectivity index (χ2n) is 7.06. The molecule has 2 amide bonds. The van der Waals surface area contributed by atoms with Crippen molar-refractivity contribution in [3.8, 4) is 0 Å². The predicted molar refractivity (Wildman–Crippen MR) is 118 cm³/mol. The van der Waals surface area contributed by atoms with Gasteiger partial charge in [0.1, 0.15) is 0 Å². The van der Waals surface area contributed by atoms with E-state index in [-0.39, 0.29) is 17.2 Å². The normalized spacial score (nSPS) is 10.8. The maximum Gasteiger partial charge on any atom is 0.290 e. The molecule has 0 aliphatic carbocycles. The van der Waals surface area contributed by atoms with Crippen LogP contribution in [0.4, 0.5) is 0 Å². The van der Waals surface area contributed by atoms with Crippen molar-refractivity contribution in [1.29, 1.82) is 0 Å². The highest BCUT2D eigenvalue weighted by molar-refractivity contribution is 7.09. The monoisotopic (exact) mass is 426 g/mol. The van der Waals surface area contributed by atoms with Crippen molar-refractivity contribution in [2.75, 3.05) is 0 Å². The van der Waals surface area contributed by atoms with E-state index in [4.69, 9.17) is 0 Å². The molecule has 2 N–H and O–H groups in total. The van der Waals surface area contributed by atoms with Gasteiger partial charge in [-0.3, -0.25) is 25.2 Å². The van der Waals surface area contributed by atoms with Crippen molar-refractivity contribution in [3.63, 3.8) is 0 Å². The van der Waals surface area contributed by atoms with Gasteiger partial charge in [0.25, 0.3) is 11.5 Å². The lowest BCUT2D eigenvalue weighted by atomic mass is 10.1. The van der Waals surface area contributed by atoms with Crippen LogP contribution in [0.25, 0.3) is 10.8 Å². The molecule has 0 aliphatic heterocycles. The Kier molecular flexibility index (Phi) is 7.73. The van der Waals surface area contributed by atoms with E-state index in [1.807, 2.05) is 17.5 Å². The zero-order valence-corrected chi connectivity index (χ0v) is 17.8. The summed E-state index contributed by atoms with van der Waals surface area (Å²) in [7, 11) is 0. The first-order chi connectivity index (χ1) is 14.6. The van der Waals surface area contributed by atoms with Gasteiger partial charge >= 0.3 is 0 Å². The van der Waals surface area contributed by atoms with E-state index in [0.717, 1.165) is 25.7 Å². The summed E-state index contributed by atoms with van der Waals surface area (Å²) in [6.07, 6.45) is 4.64. The molecule has 3 aromatic rings. The highest BCUT2D eigenvalue weighted by Gasteiger charge is 2.17. The molecule has 0 radical (unpaired) electrons. The highest BCUT2D eigenvalue weighted by atomic mass is 32.1. The number of carbonyl (C=O) groups is 2. The van der Waals surface area contributed by atoms with Crippen molar-refractivity contribution in [3.05, 3.63) is 62.7 Å². The van der Waals surface area contributed by atoms with Crippen LogP contribution >= 0.6 is 11.3 Å². The summed E-state index contributed by atoms with van der Waals surface area (Å²) in [6.45, 7) is 2.53. The summed E-state index contributed by atoms with van der Waals surface area (Å²) in [6, 6.07) is 10.9. The fraction of sp³-hybridized carbons (Fsp3) is 0.364. The van der Waals surface area contributed by atoms with E-state index in [9.17, 15) is 14.4 Å². The lowest BCUT2D eigenvalue weighted by molar-refractivity contribution is -0.121. The third-order valence-corrected chi connectivity index (χ3v) is 5.72. The van der Waals surface area contributed by atoms with Crippen LogP contribution in [0.15, 0.2) is 46.6 Å². The Balaban J connectivity index is 1.66. The van der Waals surface area contributed by atoms with Crippen molar-refractivity contribution in [2.24, 2.45) is 0 Å². The van der Waals surface area contributed by atoms with Gasteiger partial charge in [0.2, 0.25) is 5.91 Å². The van der Waals surface area contributed by atoms with E-state index in [1.54, 1.807) is 35.6 Å². The molecule has 7 nitrogen and oxygen atoms in total. The number of benzene rings is 1. The Labute approximate surface area is 179 Å². The number of amides is 2. The lowest BCUT2D eigenvalue weighted by Gasteiger charge is -2.12. The number of fused-ring (bicyclic) bond motifs is 1. The molecule has 2 aromatic heterocycles. The van der Waals surface area contributed by atoms with E-state index in [0.29, 0.717) is 30.2 Å². The summed E-state index contributed by atoms with van der Waals surface area (Å²) in [5.41, 5.74) is 4.80. The van der Waals surface area contributed by atoms with Crippen LogP contribution in [-0.4, -0.2) is 21.6 Å². The van der Waals surface area contributed by atoms with Crippen LogP contribution in [0.2, 0.25) is 0 Å². The molecular weight excluding hydrogens is 400 g/mol. The molecule has 0 fully saturated rings. The van der Waals surface area contributed by atoms with Gasteiger partial charge in [-0.2, -0.15) is 5.10 Å². The number of unbranched alkanes of at least 4 members (excludes halogenated alkanes) is 2. The molecule has 0 spiro atoms. The second-order valence-corrected chi connectivity index (χ2v) is 8.10. The minimum absolute atomic E-state index is 0.126. The van der Waals surface area contributed by atoms with Crippen molar-refractivity contribution in [2.45, 2.75) is 52.0 Å². The molecule has 3 rings (SSSR count). The Morgan fingerprint density at radius 3 is 2.57 bits per heavy atom. The number of hydrogen-bond donors (Lipinski definition) is 2. The largest absolute Gasteiger partial charge is 0.290 e. The van der Waals surface area contributed by atoms with Gasteiger partial charge < -0.3 is 0 Å². The first kappa shape index (κ1) is 21.7. The Bertz CT molecular complexity index is 1060. The summed E-state index contributed by atoms with van der Waals surface area (Å²) in [5.74, 6) is -0.803. The fourth-order valence-electron chi connectivity index (χ4n) is 3.19. The number of aryl methyl sites for hydroxylation is 2. The van der Waals surface area contributed by atoms with Crippen LogP contribution in [0, 0.1) is 0 Å². The molecule has 0 unspecified atom stereocenters. The first-order valence-corrected chi connectivity index (χ1v) is 11.1. The average Bonchev–Trinajstić information content (AvgIpc) is 3.27. The fourth-order valence-corrected chi connectivity index (χ4v) is 3.94. The van der Waals surface area contributed by atoms with Crippen molar-refractivity contribution in [1.82, 2.24) is 20.6 Å². The third-order valence-electron chi connectivity index (χ3n) is 4.78.